The quantitative estimate of drug-likeness (QED) is 0.188. The number of carboxylic acids is 1. The zero-order valence-electron chi connectivity index (χ0n) is 17.4. The number of rotatable bonds is 19. The monoisotopic (exact) mass is 384 g/mol. The van der Waals surface area contributed by atoms with Gasteiger partial charge in [-0.05, 0) is 38.5 Å². The normalized spacial score (nSPS) is 11.9. The van der Waals surface area contributed by atoms with Crippen LogP contribution in [0.1, 0.15) is 103 Å². The summed E-state index contributed by atoms with van der Waals surface area (Å²) >= 11 is 0. The minimum Gasteiger partial charge on any atom is -0.481 e. The summed E-state index contributed by atoms with van der Waals surface area (Å²) in [6.07, 6.45) is 21.4. The van der Waals surface area contributed by atoms with Crippen molar-refractivity contribution < 1.29 is 20.1 Å². The SMILES string of the molecule is C=C.O=C(O)CCCCCCCC=CCCCCCCCCCC(O)CO. The zero-order valence-corrected chi connectivity index (χ0v) is 17.4. The molecule has 27 heavy (non-hydrogen) atoms. The van der Waals surface area contributed by atoms with Gasteiger partial charge in [0.05, 0.1) is 12.7 Å². The minimum absolute atomic E-state index is 0.111. The van der Waals surface area contributed by atoms with E-state index in [1.54, 1.807) is 0 Å². The van der Waals surface area contributed by atoms with Gasteiger partial charge in [0.15, 0.2) is 0 Å². The van der Waals surface area contributed by atoms with Gasteiger partial charge in [0.1, 0.15) is 0 Å². The van der Waals surface area contributed by atoms with Crippen molar-refractivity contribution in [2.75, 3.05) is 6.61 Å². The first-order valence-corrected chi connectivity index (χ1v) is 10.8. The van der Waals surface area contributed by atoms with E-state index in [1.165, 1.54) is 51.4 Å². The lowest BCUT2D eigenvalue weighted by molar-refractivity contribution is -0.137. The average Bonchev–Trinajstić information content (AvgIpc) is 2.68. The van der Waals surface area contributed by atoms with Gasteiger partial charge in [0.2, 0.25) is 0 Å². The first kappa shape index (κ1) is 28.1. The summed E-state index contributed by atoms with van der Waals surface area (Å²) in [5.41, 5.74) is 0. The van der Waals surface area contributed by atoms with Crippen LogP contribution in [0, 0.1) is 0 Å². The van der Waals surface area contributed by atoms with Gasteiger partial charge >= 0.3 is 5.97 Å². The number of aliphatic hydroxyl groups is 2. The van der Waals surface area contributed by atoms with Crippen molar-refractivity contribution in [3.05, 3.63) is 25.3 Å². The predicted molar refractivity (Wildman–Crippen MR) is 115 cm³/mol. The molecule has 4 heteroatoms. The minimum atomic E-state index is -0.680. The van der Waals surface area contributed by atoms with Crippen molar-refractivity contribution in [2.24, 2.45) is 0 Å². The molecule has 0 saturated heterocycles. The maximum Gasteiger partial charge on any atom is 0.303 e. The van der Waals surface area contributed by atoms with Crippen LogP contribution in [0.3, 0.4) is 0 Å². The highest BCUT2D eigenvalue weighted by atomic mass is 16.4. The Bertz CT molecular complexity index is 328. The molecule has 0 heterocycles. The number of carboxylic acid groups (broad SMARTS) is 1. The summed E-state index contributed by atoms with van der Waals surface area (Å²) < 4.78 is 0. The van der Waals surface area contributed by atoms with Crippen LogP contribution in [0.4, 0.5) is 0 Å². The summed E-state index contributed by atoms with van der Waals surface area (Å²) in [5, 5.41) is 26.5. The van der Waals surface area contributed by atoms with Crippen LogP contribution >= 0.6 is 0 Å². The Hall–Kier alpha value is -1.13. The van der Waals surface area contributed by atoms with Crippen LogP contribution in [-0.4, -0.2) is 34.0 Å². The molecule has 1 atom stereocenters. The Balaban J connectivity index is 0. The third-order valence-corrected chi connectivity index (χ3v) is 4.55. The Morgan fingerprint density at radius 3 is 1.59 bits per heavy atom. The van der Waals surface area contributed by atoms with Crippen LogP contribution in [0.25, 0.3) is 0 Å². The molecule has 4 nitrogen and oxygen atoms in total. The highest BCUT2D eigenvalue weighted by molar-refractivity contribution is 5.66. The van der Waals surface area contributed by atoms with Crippen molar-refractivity contribution in [1.82, 2.24) is 0 Å². The Morgan fingerprint density at radius 1 is 0.741 bits per heavy atom. The molecule has 0 saturated carbocycles. The van der Waals surface area contributed by atoms with Gasteiger partial charge in [0.25, 0.3) is 0 Å². The summed E-state index contributed by atoms with van der Waals surface area (Å²) in [4.78, 5) is 10.4. The van der Waals surface area contributed by atoms with E-state index < -0.39 is 12.1 Å². The molecule has 0 rings (SSSR count). The fraction of sp³-hybridized carbons (Fsp3) is 0.783. The molecule has 160 valence electrons. The maximum absolute atomic E-state index is 10.4. The molecule has 0 aromatic rings. The fourth-order valence-corrected chi connectivity index (χ4v) is 2.92. The summed E-state index contributed by atoms with van der Waals surface area (Å²) in [7, 11) is 0. The third kappa shape index (κ3) is 27.2. The second kappa shape index (κ2) is 24.9. The number of hydrogen-bond donors (Lipinski definition) is 3. The van der Waals surface area contributed by atoms with Gasteiger partial charge in [-0.3, -0.25) is 4.79 Å². The molecule has 1 unspecified atom stereocenters. The largest absolute Gasteiger partial charge is 0.481 e. The molecule has 0 radical (unpaired) electrons. The average molecular weight is 385 g/mol. The van der Waals surface area contributed by atoms with Crippen molar-refractivity contribution in [3.8, 4) is 0 Å². The topological polar surface area (TPSA) is 77.8 Å². The van der Waals surface area contributed by atoms with E-state index in [0.717, 1.165) is 44.9 Å². The van der Waals surface area contributed by atoms with Crippen molar-refractivity contribution in [2.45, 2.75) is 109 Å². The molecule has 0 aliphatic heterocycles. The van der Waals surface area contributed by atoms with Crippen LogP contribution < -0.4 is 0 Å². The number of carbonyl (C=O) groups is 1. The molecular weight excluding hydrogens is 340 g/mol. The number of aliphatic hydroxyl groups excluding tert-OH is 2. The van der Waals surface area contributed by atoms with Crippen LogP contribution in [0.2, 0.25) is 0 Å². The first-order chi connectivity index (χ1) is 13.2. The van der Waals surface area contributed by atoms with Gasteiger partial charge in [-0.15, -0.1) is 13.2 Å². The first-order valence-electron chi connectivity index (χ1n) is 10.8. The molecule has 0 aromatic carbocycles. The van der Waals surface area contributed by atoms with E-state index in [4.69, 9.17) is 10.2 Å². The molecular formula is C23H44O4. The van der Waals surface area contributed by atoms with Crippen molar-refractivity contribution >= 4 is 5.97 Å². The van der Waals surface area contributed by atoms with E-state index in [9.17, 15) is 9.90 Å². The molecule has 0 bridgehead atoms. The Labute approximate surface area is 167 Å². The molecule has 0 fully saturated rings. The number of allylic oxidation sites excluding steroid dienone is 2. The van der Waals surface area contributed by atoms with E-state index in [1.807, 2.05) is 0 Å². The van der Waals surface area contributed by atoms with Gasteiger partial charge in [-0.2, -0.15) is 0 Å². The van der Waals surface area contributed by atoms with E-state index in [2.05, 4.69) is 25.3 Å². The van der Waals surface area contributed by atoms with Crippen molar-refractivity contribution in [1.29, 1.82) is 0 Å². The molecule has 0 amide bonds. The second-order valence-corrected chi connectivity index (χ2v) is 7.06. The maximum atomic E-state index is 10.4. The lowest BCUT2D eigenvalue weighted by atomic mass is 10.1. The predicted octanol–water partition coefficient (Wildman–Crippen LogP) is 6.02. The third-order valence-electron chi connectivity index (χ3n) is 4.55. The van der Waals surface area contributed by atoms with E-state index in [0.29, 0.717) is 6.42 Å². The van der Waals surface area contributed by atoms with Gasteiger partial charge in [0, 0.05) is 6.42 Å². The smallest absolute Gasteiger partial charge is 0.303 e. The van der Waals surface area contributed by atoms with E-state index >= 15 is 0 Å². The fourth-order valence-electron chi connectivity index (χ4n) is 2.92. The summed E-state index contributed by atoms with van der Waals surface area (Å²) in [6, 6.07) is 0. The summed E-state index contributed by atoms with van der Waals surface area (Å²) in [5.74, 6) is -0.680. The van der Waals surface area contributed by atoms with E-state index in [-0.39, 0.29) is 6.61 Å². The van der Waals surface area contributed by atoms with Gasteiger partial charge in [-0.25, -0.2) is 0 Å². The standard InChI is InChI=1S/C21H40O4.C2H4/c22-19-20(23)17-15-13-11-9-7-5-3-1-2-4-6-8-10-12-14-16-18-21(24)25;1-2/h2,4,20,22-23H,1,3,5-19H2,(H,24,25);1-2H2. The lowest BCUT2D eigenvalue weighted by Crippen LogP contribution is -2.10. The number of hydrogen-bond acceptors (Lipinski definition) is 3. The number of aliphatic carboxylic acids is 1. The highest BCUT2D eigenvalue weighted by Crippen LogP contribution is 2.11. The van der Waals surface area contributed by atoms with Crippen LogP contribution in [0.15, 0.2) is 25.3 Å². The molecule has 0 aromatic heterocycles. The molecule has 0 aliphatic carbocycles. The molecule has 3 N–H and O–H groups in total. The number of unbranched alkanes of at least 4 members (excludes halogenated alkanes) is 12. The summed E-state index contributed by atoms with van der Waals surface area (Å²) in [6.45, 7) is 5.89. The molecule has 0 aliphatic rings. The lowest BCUT2D eigenvalue weighted by Gasteiger charge is -2.06. The van der Waals surface area contributed by atoms with Crippen molar-refractivity contribution in [3.63, 3.8) is 0 Å². The van der Waals surface area contributed by atoms with Crippen LogP contribution in [0.5, 0.6) is 0 Å². The Morgan fingerprint density at radius 2 is 1.15 bits per heavy atom. The van der Waals surface area contributed by atoms with Gasteiger partial charge < -0.3 is 15.3 Å². The highest BCUT2D eigenvalue weighted by Gasteiger charge is 2.00. The Kier molecular flexibility index (Phi) is 25.9. The second-order valence-electron chi connectivity index (χ2n) is 7.06. The zero-order chi connectivity index (χ0) is 20.6. The van der Waals surface area contributed by atoms with Crippen LogP contribution in [-0.2, 0) is 4.79 Å². The molecule has 0 spiro atoms. The van der Waals surface area contributed by atoms with Gasteiger partial charge in [-0.1, -0.05) is 69.9 Å².